The molecule has 0 unspecified atom stereocenters. The van der Waals surface area contributed by atoms with Crippen LogP contribution in [-0.2, 0) is 6.18 Å². The molecular formula is C13H7ClF3NNaO3. The smallest absolute Gasteiger partial charge is 0.416 e. The van der Waals surface area contributed by atoms with Gasteiger partial charge in [0.1, 0.15) is 11.5 Å². The first-order valence-corrected chi connectivity index (χ1v) is 5.94. The van der Waals surface area contributed by atoms with Gasteiger partial charge in [0.05, 0.1) is 15.5 Å². The Kier molecular flexibility index (Phi) is 6.25. The summed E-state index contributed by atoms with van der Waals surface area (Å²) < 4.78 is 42.7. The van der Waals surface area contributed by atoms with Gasteiger partial charge in [0.15, 0.2) is 0 Å². The predicted octanol–water partition coefficient (Wildman–Crippen LogP) is 4.68. The van der Waals surface area contributed by atoms with Crippen LogP contribution < -0.4 is 4.74 Å². The Morgan fingerprint density at radius 3 is 2.14 bits per heavy atom. The number of nitrogens with zero attached hydrogens (tertiary/aromatic N) is 1. The average Bonchev–Trinajstić information content (AvgIpc) is 2.40. The fourth-order valence-electron chi connectivity index (χ4n) is 1.52. The van der Waals surface area contributed by atoms with Crippen LogP contribution in [0.5, 0.6) is 11.5 Å². The molecule has 0 aromatic heterocycles. The van der Waals surface area contributed by atoms with Gasteiger partial charge in [-0.15, -0.1) is 0 Å². The fourth-order valence-corrected chi connectivity index (χ4v) is 1.74. The van der Waals surface area contributed by atoms with E-state index in [1.165, 1.54) is 24.3 Å². The van der Waals surface area contributed by atoms with E-state index in [4.69, 9.17) is 16.3 Å². The summed E-state index contributed by atoms with van der Waals surface area (Å²) in [6.45, 7) is 0. The molecule has 0 fully saturated rings. The quantitative estimate of drug-likeness (QED) is 0.463. The zero-order valence-electron chi connectivity index (χ0n) is 11.2. The monoisotopic (exact) mass is 340 g/mol. The first-order chi connectivity index (χ1) is 9.77. The number of hydrogen-bond donors (Lipinski definition) is 0. The molecule has 0 aliphatic carbocycles. The molecule has 0 amide bonds. The summed E-state index contributed by atoms with van der Waals surface area (Å²) in [6, 6.07) is 7.76. The molecule has 0 aliphatic rings. The second kappa shape index (κ2) is 7.32. The Bertz CT molecular complexity index is 677. The number of halogens is 4. The summed E-state index contributed by atoms with van der Waals surface area (Å²) in [5, 5.41) is 10.3. The zero-order chi connectivity index (χ0) is 15.6. The van der Waals surface area contributed by atoms with Crippen molar-refractivity contribution in [3.05, 3.63) is 63.2 Å². The molecule has 2 aromatic rings. The van der Waals surface area contributed by atoms with Crippen LogP contribution in [0.25, 0.3) is 0 Å². The van der Waals surface area contributed by atoms with Crippen LogP contribution in [0, 0.1) is 10.1 Å². The molecule has 0 heterocycles. The summed E-state index contributed by atoms with van der Waals surface area (Å²) in [4.78, 5) is 9.92. The summed E-state index contributed by atoms with van der Waals surface area (Å²) >= 11 is 5.73. The molecule has 1 radical (unpaired) electrons. The van der Waals surface area contributed by atoms with E-state index in [2.05, 4.69) is 0 Å². The zero-order valence-corrected chi connectivity index (χ0v) is 14.0. The molecule has 0 N–H and O–H groups in total. The molecule has 0 saturated carbocycles. The van der Waals surface area contributed by atoms with Crippen molar-refractivity contribution in [1.29, 1.82) is 0 Å². The Balaban J connectivity index is 0.00000242. The van der Waals surface area contributed by atoms with Gasteiger partial charge in [-0.25, -0.2) is 0 Å². The molecule has 0 aliphatic heterocycles. The third kappa shape index (κ3) is 4.61. The minimum Gasteiger partial charge on any atom is -0.456 e. The summed E-state index contributed by atoms with van der Waals surface area (Å²) in [5.41, 5.74) is -1.01. The average molecular weight is 341 g/mol. The van der Waals surface area contributed by atoms with E-state index in [0.717, 1.165) is 18.2 Å². The summed E-state index contributed by atoms with van der Waals surface area (Å²) in [6.07, 6.45) is -4.49. The number of hydrogen-bond acceptors (Lipinski definition) is 3. The molecule has 0 bridgehead atoms. The predicted molar refractivity (Wildman–Crippen MR) is 75.4 cm³/mol. The first-order valence-electron chi connectivity index (χ1n) is 5.56. The van der Waals surface area contributed by atoms with E-state index in [0.29, 0.717) is 0 Å². The van der Waals surface area contributed by atoms with Gasteiger partial charge in [0.2, 0.25) is 0 Å². The van der Waals surface area contributed by atoms with Crippen molar-refractivity contribution in [2.75, 3.05) is 0 Å². The number of benzene rings is 2. The number of nitro benzene ring substituents is 1. The van der Waals surface area contributed by atoms with Gasteiger partial charge in [0.25, 0.3) is 5.69 Å². The first kappa shape index (κ1) is 18.8. The van der Waals surface area contributed by atoms with Crippen molar-refractivity contribution in [1.82, 2.24) is 0 Å². The van der Waals surface area contributed by atoms with Gasteiger partial charge >= 0.3 is 6.18 Å². The van der Waals surface area contributed by atoms with Gasteiger partial charge in [-0.2, -0.15) is 13.2 Å². The van der Waals surface area contributed by atoms with E-state index in [1.54, 1.807) is 0 Å². The van der Waals surface area contributed by atoms with Crippen molar-refractivity contribution in [3.8, 4) is 11.5 Å². The van der Waals surface area contributed by atoms with Gasteiger partial charge in [-0.05, 0) is 30.3 Å². The normalized spacial score (nSPS) is 10.7. The van der Waals surface area contributed by atoms with Crippen molar-refractivity contribution >= 4 is 46.8 Å². The Hall–Kier alpha value is -1.28. The second-order valence-electron chi connectivity index (χ2n) is 4.00. The van der Waals surface area contributed by atoms with Crippen molar-refractivity contribution in [2.45, 2.75) is 6.18 Å². The third-order valence-corrected chi connectivity index (χ3v) is 2.83. The molecule has 0 spiro atoms. The van der Waals surface area contributed by atoms with E-state index in [9.17, 15) is 23.3 Å². The number of nitro groups is 1. The summed E-state index contributed by atoms with van der Waals surface area (Å²) in [5.74, 6) is 0.251. The molecule has 2 rings (SSSR count). The molecule has 0 saturated heterocycles. The van der Waals surface area contributed by atoms with Crippen molar-refractivity contribution in [2.24, 2.45) is 0 Å². The standard InChI is InChI=1S/C13H7ClF3NO3.Na/c14-11-7-8(13(15,16)17)1-6-12(11)21-10-4-2-9(3-5-10)18(19)20;/h1-7H;. The Labute approximate surface area is 150 Å². The van der Waals surface area contributed by atoms with Crippen LogP contribution in [0.15, 0.2) is 42.5 Å². The SMILES string of the molecule is O=[N+]([O-])c1ccc(Oc2ccc(C(F)(F)F)cc2Cl)cc1.[Na]. The van der Waals surface area contributed by atoms with Crippen molar-refractivity contribution < 1.29 is 22.8 Å². The van der Waals surface area contributed by atoms with Crippen LogP contribution >= 0.6 is 11.6 Å². The maximum absolute atomic E-state index is 12.5. The van der Waals surface area contributed by atoms with E-state index >= 15 is 0 Å². The topological polar surface area (TPSA) is 52.4 Å². The largest absolute Gasteiger partial charge is 0.456 e. The molecular weight excluding hydrogens is 334 g/mol. The van der Waals surface area contributed by atoms with Gasteiger partial charge in [0, 0.05) is 41.7 Å². The maximum Gasteiger partial charge on any atom is 0.416 e. The molecule has 22 heavy (non-hydrogen) atoms. The number of non-ortho nitro benzene ring substituents is 1. The third-order valence-electron chi connectivity index (χ3n) is 2.53. The van der Waals surface area contributed by atoms with Gasteiger partial charge in [-0.3, -0.25) is 10.1 Å². The van der Waals surface area contributed by atoms with Crippen LogP contribution in [0.1, 0.15) is 5.56 Å². The van der Waals surface area contributed by atoms with E-state index in [1.807, 2.05) is 0 Å². The van der Waals surface area contributed by atoms with Gasteiger partial charge in [-0.1, -0.05) is 11.6 Å². The van der Waals surface area contributed by atoms with E-state index < -0.39 is 16.7 Å². The van der Waals surface area contributed by atoms with Crippen LogP contribution in [0.4, 0.5) is 18.9 Å². The Morgan fingerprint density at radius 2 is 1.68 bits per heavy atom. The van der Waals surface area contributed by atoms with Gasteiger partial charge < -0.3 is 4.74 Å². The molecule has 2 aromatic carbocycles. The fraction of sp³-hybridized carbons (Fsp3) is 0.0769. The van der Waals surface area contributed by atoms with Crippen LogP contribution in [0.3, 0.4) is 0 Å². The molecule has 9 heteroatoms. The summed E-state index contributed by atoms with van der Waals surface area (Å²) in [7, 11) is 0. The van der Waals surface area contributed by atoms with Crippen molar-refractivity contribution in [3.63, 3.8) is 0 Å². The van der Waals surface area contributed by atoms with Crippen LogP contribution in [-0.4, -0.2) is 34.5 Å². The Morgan fingerprint density at radius 1 is 1.09 bits per heavy atom. The van der Waals surface area contributed by atoms with E-state index in [-0.39, 0.29) is 51.8 Å². The second-order valence-corrected chi connectivity index (χ2v) is 4.40. The number of rotatable bonds is 3. The molecule has 0 atom stereocenters. The molecule has 111 valence electrons. The molecule has 4 nitrogen and oxygen atoms in total. The van der Waals surface area contributed by atoms with Crippen LogP contribution in [0.2, 0.25) is 5.02 Å². The number of ether oxygens (including phenoxy) is 1. The maximum atomic E-state index is 12.5. The minimum absolute atomic E-state index is 0. The minimum atomic E-state index is -4.49. The number of alkyl halides is 3.